The van der Waals surface area contributed by atoms with Gasteiger partial charge in [-0.1, -0.05) is 23.7 Å². The first-order valence-corrected chi connectivity index (χ1v) is 11.5. The number of benzene rings is 1. The molecule has 6 rings (SSSR count). The molecule has 8 nitrogen and oxygen atoms in total. The van der Waals surface area contributed by atoms with Crippen LogP contribution in [0.15, 0.2) is 43.1 Å². The van der Waals surface area contributed by atoms with Crippen molar-refractivity contribution in [2.24, 2.45) is 11.8 Å². The second kappa shape index (κ2) is 8.48. The van der Waals surface area contributed by atoms with Gasteiger partial charge in [-0.15, -0.1) is 0 Å². The van der Waals surface area contributed by atoms with Crippen molar-refractivity contribution in [1.82, 2.24) is 24.9 Å². The third kappa shape index (κ3) is 3.74. The molecule has 0 radical (unpaired) electrons. The Morgan fingerprint density at radius 2 is 1.85 bits per heavy atom. The number of hydrogen-bond acceptors (Lipinski definition) is 7. The molecule has 2 bridgehead atoms. The van der Waals surface area contributed by atoms with E-state index in [2.05, 4.69) is 29.8 Å². The molecule has 1 N–H and O–H groups in total. The second-order valence-corrected chi connectivity index (χ2v) is 9.27. The number of ether oxygens (including phenoxy) is 2. The fraction of sp³-hybridized carbons (Fsp3) is 0.333. The maximum Gasteiger partial charge on any atom is 0.241 e. The van der Waals surface area contributed by atoms with Crippen LogP contribution in [0, 0.1) is 24.6 Å². The van der Waals surface area contributed by atoms with E-state index in [-0.39, 0.29) is 23.8 Å². The Kier molecular flexibility index (Phi) is 5.30. The van der Waals surface area contributed by atoms with Gasteiger partial charge in [-0.3, -0.25) is 0 Å². The summed E-state index contributed by atoms with van der Waals surface area (Å²) >= 11 is 5.94. The first-order chi connectivity index (χ1) is 16.6. The number of fused-ring (bicyclic) bond motifs is 3. The minimum atomic E-state index is -0.287. The smallest absolute Gasteiger partial charge is 0.241 e. The summed E-state index contributed by atoms with van der Waals surface area (Å²) in [5.74, 6) is 1.05. The fourth-order valence-electron chi connectivity index (χ4n) is 4.90. The molecule has 0 amide bonds. The largest absolute Gasteiger partial charge is 0.472 e. The van der Waals surface area contributed by atoms with E-state index in [9.17, 15) is 4.39 Å². The van der Waals surface area contributed by atoms with Crippen LogP contribution in [0.5, 0.6) is 5.88 Å². The molecule has 2 aliphatic heterocycles. The summed E-state index contributed by atoms with van der Waals surface area (Å²) in [4.78, 5) is 22.9. The first-order valence-electron chi connectivity index (χ1n) is 11.1. The van der Waals surface area contributed by atoms with Crippen LogP contribution < -0.4 is 9.64 Å². The number of anilines is 1. The van der Waals surface area contributed by atoms with Crippen LogP contribution in [0.3, 0.4) is 0 Å². The van der Waals surface area contributed by atoms with Crippen molar-refractivity contribution in [3.05, 3.63) is 59.5 Å². The molecule has 174 valence electrons. The Bertz CT molecular complexity index is 1330. The van der Waals surface area contributed by atoms with Gasteiger partial charge in [0, 0.05) is 42.2 Å². The van der Waals surface area contributed by atoms with Gasteiger partial charge in [0.15, 0.2) is 0 Å². The van der Waals surface area contributed by atoms with Crippen molar-refractivity contribution in [2.75, 3.05) is 31.2 Å². The van der Waals surface area contributed by atoms with Gasteiger partial charge in [-0.05, 0) is 18.6 Å². The number of piperidine rings is 1. The van der Waals surface area contributed by atoms with E-state index in [1.807, 2.05) is 13.0 Å². The number of aryl methyl sites for hydroxylation is 1. The molecule has 2 atom stereocenters. The molecule has 0 spiro atoms. The van der Waals surface area contributed by atoms with Gasteiger partial charge in [0.1, 0.15) is 29.3 Å². The highest BCUT2D eigenvalue weighted by atomic mass is 35.5. The number of nitrogens with zero attached hydrogens (tertiary/aromatic N) is 5. The van der Waals surface area contributed by atoms with Gasteiger partial charge in [0.2, 0.25) is 11.8 Å². The van der Waals surface area contributed by atoms with Crippen LogP contribution in [-0.4, -0.2) is 57.3 Å². The quantitative estimate of drug-likeness (QED) is 0.471. The summed E-state index contributed by atoms with van der Waals surface area (Å²) < 4.78 is 27.0. The minimum absolute atomic E-state index is 0.0849. The maximum absolute atomic E-state index is 14.6. The molecule has 2 saturated heterocycles. The van der Waals surface area contributed by atoms with Crippen LogP contribution in [0.4, 0.5) is 10.3 Å². The highest BCUT2D eigenvalue weighted by molar-refractivity contribution is 6.30. The lowest BCUT2D eigenvalue weighted by Gasteiger charge is -2.46. The monoisotopic (exact) mass is 480 g/mol. The SMILES string of the molecule is Cc1ccc(-c2c[nH]c3c(OC4C5COCC4CN(c4ncc(Cl)cn4)C5)ncnc23)c(F)c1. The van der Waals surface area contributed by atoms with Crippen molar-refractivity contribution in [2.45, 2.75) is 13.0 Å². The van der Waals surface area contributed by atoms with Gasteiger partial charge in [0.05, 0.1) is 30.6 Å². The number of hydrogen-bond donors (Lipinski definition) is 1. The zero-order chi connectivity index (χ0) is 23.2. The predicted molar refractivity (Wildman–Crippen MR) is 125 cm³/mol. The fourth-order valence-corrected chi connectivity index (χ4v) is 5.00. The molecule has 0 aliphatic carbocycles. The lowest BCUT2D eigenvalue weighted by Crippen LogP contribution is -2.58. The van der Waals surface area contributed by atoms with E-state index < -0.39 is 0 Å². The predicted octanol–water partition coefficient (Wildman–Crippen LogP) is 4.05. The molecule has 2 aliphatic rings. The van der Waals surface area contributed by atoms with Crippen LogP contribution in [-0.2, 0) is 4.74 Å². The van der Waals surface area contributed by atoms with Crippen LogP contribution in [0.1, 0.15) is 5.56 Å². The van der Waals surface area contributed by atoms with E-state index in [1.54, 1.807) is 24.7 Å². The van der Waals surface area contributed by atoms with E-state index in [1.165, 1.54) is 12.4 Å². The molecule has 5 heterocycles. The van der Waals surface area contributed by atoms with Gasteiger partial charge >= 0.3 is 0 Å². The molecule has 34 heavy (non-hydrogen) atoms. The summed E-state index contributed by atoms with van der Waals surface area (Å²) in [5, 5.41) is 0.508. The number of aromatic nitrogens is 5. The van der Waals surface area contributed by atoms with Crippen molar-refractivity contribution >= 4 is 28.6 Å². The number of H-pyrrole nitrogens is 1. The molecule has 2 fully saturated rings. The molecule has 3 aromatic heterocycles. The van der Waals surface area contributed by atoms with E-state index >= 15 is 0 Å². The van der Waals surface area contributed by atoms with Crippen LogP contribution in [0.25, 0.3) is 22.2 Å². The molecule has 10 heteroatoms. The zero-order valence-electron chi connectivity index (χ0n) is 18.4. The Labute approximate surface area is 200 Å². The van der Waals surface area contributed by atoms with Crippen molar-refractivity contribution < 1.29 is 13.9 Å². The van der Waals surface area contributed by atoms with Crippen LogP contribution in [0.2, 0.25) is 5.02 Å². The Hall–Kier alpha value is -3.30. The number of rotatable bonds is 4. The topological polar surface area (TPSA) is 89.0 Å². The summed E-state index contributed by atoms with van der Waals surface area (Å²) in [5.41, 5.74) is 3.31. The average molecular weight is 481 g/mol. The van der Waals surface area contributed by atoms with Crippen molar-refractivity contribution in [1.29, 1.82) is 0 Å². The molecule has 2 unspecified atom stereocenters. The number of halogens is 2. The lowest BCUT2D eigenvalue weighted by molar-refractivity contribution is -0.0765. The summed E-state index contributed by atoms with van der Waals surface area (Å²) in [6.07, 6.45) is 6.35. The van der Waals surface area contributed by atoms with Gasteiger partial charge in [-0.25, -0.2) is 19.3 Å². The van der Waals surface area contributed by atoms with Crippen molar-refractivity contribution in [3.8, 4) is 17.0 Å². The highest BCUT2D eigenvalue weighted by Gasteiger charge is 2.43. The van der Waals surface area contributed by atoms with Crippen molar-refractivity contribution in [3.63, 3.8) is 0 Å². The van der Waals surface area contributed by atoms with E-state index in [0.29, 0.717) is 65.3 Å². The molecule has 1 aromatic carbocycles. The van der Waals surface area contributed by atoms with E-state index in [0.717, 1.165) is 5.56 Å². The van der Waals surface area contributed by atoms with E-state index in [4.69, 9.17) is 21.1 Å². The normalized spacial score (nSPS) is 22.2. The lowest BCUT2D eigenvalue weighted by atomic mass is 9.84. The van der Waals surface area contributed by atoms with Crippen LogP contribution >= 0.6 is 11.6 Å². The molecular formula is C24H22ClFN6O2. The minimum Gasteiger partial charge on any atom is -0.472 e. The highest BCUT2D eigenvalue weighted by Crippen LogP contribution is 2.36. The number of nitrogens with one attached hydrogen (secondary N) is 1. The Morgan fingerprint density at radius 1 is 1.09 bits per heavy atom. The molecular weight excluding hydrogens is 459 g/mol. The van der Waals surface area contributed by atoms with Gasteiger partial charge in [-0.2, -0.15) is 4.98 Å². The summed E-state index contributed by atoms with van der Waals surface area (Å²) in [6, 6.07) is 5.17. The molecule has 4 aromatic rings. The standard InChI is InChI=1S/C24H22ClFN6O2/c1-13-2-3-17(19(26)4-13)18-7-27-21-20(18)30-12-31-23(21)34-22-14-8-32(9-15(22)11-33-10-14)24-28-5-16(25)6-29-24/h2-7,12,14-15,22,27H,8-11H2,1H3. The Balaban J connectivity index is 1.28. The first kappa shape index (κ1) is 21.2. The number of aromatic amines is 1. The molecule has 0 saturated carbocycles. The Morgan fingerprint density at radius 3 is 2.59 bits per heavy atom. The van der Waals surface area contributed by atoms with Gasteiger partial charge < -0.3 is 19.4 Å². The van der Waals surface area contributed by atoms with Gasteiger partial charge in [0.25, 0.3) is 0 Å². The average Bonchev–Trinajstić information content (AvgIpc) is 3.24. The third-order valence-electron chi connectivity index (χ3n) is 6.48. The summed E-state index contributed by atoms with van der Waals surface area (Å²) in [6.45, 7) is 4.40. The third-order valence-corrected chi connectivity index (χ3v) is 6.68. The summed E-state index contributed by atoms with van der Waals surface area (Å²) in [7, 11) is 0. The maximum atomic E-state index is 14.6. The zero-order valence-corrected chi connectivity index (χ0v) is 19.2. The second-order valence-electron chi connectivity index (χ2n) is 8.83.